The van der Waals surface area contributed by atoms with Crippen LogP contribution in [0.25, 0.3) is 0 Å². The molecule has 104 valence electrons. The van der Waals surface area contributed by atoms with Crippen molar-refractivity contribution in [3.8, 4) is 0 Å². The Labute approximate surface area is 115 Å². The Bertz CT molecular complexity index is 458. The first-order chi connectivity index (χ1) is 9.13. The van der Waals surface area contributed by atoms with Crippen molar-refractivity contribution in [1.29, 1.82) is 0 Å². The van der Waals surface area contributed by atoms with Gasteiger partial charge < -0.3 is 15.4 Å². The number of para-hydroxylation sites is 1. The molecule has 2 aliphatic rings. The SMILES string of the molecule is COC1CC(NCC2CNc3ccccc32)C1(C)C. The minimum Gasteiger partial charge on any atom is -0.384 e. The lowest BCUT2D eigenvalue weighted by Crippen LogP contribution is -2.61. The molecular weight excluding hydrogens is 236 g/mol. The standard InChI is InChI=1S/C16H24N2O/c1-16(2)14(8-15(16)19-3)18-10-11-9-17-13-7-5-4-6-12(11)13/h4-7,11,14-15,17-18H,8-10H2,1-3H3. The van der Waals surface area contributed by atoms with Crippen LogP contribution in [0.5, 0.6) is 0 Å². The van der Waals surface area contributed by atoms with Crippen molar-refractivity contribution in [2.24, 2.45) is 5.41 Å². The Morgan fingerprint density at radius 3 is 2.89 bits per heavy atom. The number of fused-ring (bicyclic) bond motifs is 1. The monoisotopic (exact) mass is 260 g/mol. The van der Waals surface area contributed by atoms with E-state index in [0.717, 1.165) is 19.5 Å². The van der Waals surface area contributed by atoms with Crippen LogP contribution in [0.3, 0.4) is 0 Å². The molecule has 2 N–H and O–H groups in total. The molecule has 1 fully saturated rings. The van der Waals surface area contributed by atoms with Crippen molar-refractivity contribution in [2.75, 3.05) is 25.5 Å². The summed E-state index contributed by atoms with van der Waals surface area (Å²) in [4.78, 5) is 0. The maximum Gasteiger partial charge on any atom is 0.0652 e. The van der Waals surface area contributed by atoms with Crippen LogP contribution >= 0.6 is 0 Å². The van der Waals surface area contributed by atoms with Gasteiger partial charge in [0.25, 0.3) is 0 Å². The lowest BCUT2D eigenvalue weighted by atomic mass is 9.64. The third kappa shape index (κ3) is 2.15. The molecular formula is C16H24N2O. The predicted octanol–water partition coefficient (Wildman–Crippen LogP) is 2.60. The second kappa shape index (κ2) is 4.80. The summed E-state index contributed by atoms with van der Waals surface area (Å²) >= 11 is 0. The summed E-state index contributed by atoms with van der Waals surface area (Å²) in [5.41, 5.74) is 3.01. The molecule has 0 spiro atoms. The third-order valence-corrected chi connectivity index (χ3v) is 5.01. The van der Waals surface area contributed by atoms with Crippen molar-refractivity contribution >= 4 is 5.69 Å². The molecule has 1 aliphatic heterocycles. The molecule has 1 heterocycles. The minimum absolute atomic E-state index is 0.250. The molecule has 1 aromatic carbocycles. The van der Waals surface area contributed by atoms with Gasteiger partial charge in [-0.1, -0.05) is 32.0 Å². The van der Waals surface area contributed by atoms with Crippen LogP contribution in [0.1, 0.15) is 31.7 Å². The molecule has 0 bridgehead atoms. The van der Waals surface area contributed by atoms with E-state index in [1.807, 2.05) is 7.11 Å². The second-order valence-corrected chi connectivity index (χ2v) is 6.41. The molecule has 1 aliphatic carbocycles. The van der Waals surface area contributed by atoms with Gasteiger partial charge in [0.2, 0.25) is 0 Å². The van der Waals surface area contributed by atoms with Crippen molar-refractivity contribution in [3.05, 3.63) is 29.8 Å². The van der Waals surface area contributed by atoms with E-state index in [1.54, 1.807) is 0 Å². The van der Waals surface area contributed by atoms with E-state index in [1.165, 1.54) is 11.3 Å². The van der Waals surface area contributed by atoms with E-state index < -0.39 is 0 Å². The largest absolute Gasteiger partial charge is 0.384 e. The number of ether oxygens (including phenoxy) is 1. The highest BCUT2D eigenvalue weighted by Gasteiger charge is 2.48. The number of benzene rings is 1. The summed E-state index contributed by atoms with van der Waals surface area (Å²) < 4.78 is 5.51. The highest BCUT2D eigenvalue weighted by Crippen LogP contribution is 2.42. The van der Waals surface area contributed by atoms with Gasteiger partial charge in [-0.2, -0.15) is 0 Å². The van der Waals surface area contributed by atoms with Crippen molar-refractivity contribution < 1.29 is 4.74 Å². The van der Waals surface area contributed by atoms with Crippen LogP contribution in [-0.2, 0) is 4.74 Å². The zero-order valence-corrected chi connectivity index (χ0v) is 12.1. The van der Waals surface area contributed by atoms with E-state index in [9.17, 15) is 0 Å². The Kier molecular flexibility index (Phi) is 3.27. The fourth-order valence-corrected chi connectivity index (χ4v) is 3.46. The summed E-state index contributed by atoms with van der Waals surface area (Å²) in [6.07, 6.45) is 1.53. The highest BCUT2D eigenvalue weighted by atomic mass is 16.5. The van der Waals surface area contributed by atoms with Gasteiger partial charge in [0, 0.05) is 43.3 Å². The van der Waals surface area contributed by atoms with Gasteiger partial charge in [-0.3, -0.25) is 0 Å². The number of rotatable bonds is 4. The van der Waals surface area contributed by atoms with Crippen molar-refractivity contribution in [1.82, 2.24) is 5.32 Å². The lowest BCUT2D eigenvalue weighted by Gasteiger charge is -2.51. The number of hydrogen-bond donors (Lipinski definition) is 2. The van der Waals surface area contributed by atoms with Crippen LogP contribution in [0.15, 0.2) is 24.3 Å². The van der Waals surface area contributed by atoms with Gasteiger partial charge in [-0.05, 0) is 18.1 Å². The Morgan fingerprint density at radius 1 is 1.37 bits per heavy atom. The Morgan fingerprint density at radius 2 is 2.16 bits per heavy atom. The summed E-state index contributed by atoms with van der Waals surface area (Å²) in [6, 6.07) is 9.22. The van der Waals surface area contributed by atoms with Gasteiger partial charge in [0.15, 0.2) is 0 Å². The normalized spacial score (nSPS) is 31.4. The van der Waals surface area contributed by atoms with Crippen molar-refractivity contribution in [3.63, 3.8) is 0 Å². The fraction of sp³-hybridized carbons (Fsp3) is 0.625. The lowest BCUT2D eigenvalue weighted by molar-refractivity contribution is -0.0974. The molecule has 0 radical (unpaired) electrons. The van der Waals surface area contributed by atoms with Gasteiger partial charge >= 0.3 is 0 Å². The Hall–Kier alpha value is -1.06. The van der Waals surface area contributed by atoms with Crippen LogP contribution in [0, 0.1) is 5.41 Å². The molecule has 0 amide bonds. The van der Waals surface area contributed by atoms with Gasteiger partial charge in [-0.25, -0.2) is 0 Å². The van der Waals surface area contributed by atoms with Gasteiger partial charge in [-0.15, -0.1) is 0 Å². The molecule has 19 heavy (non-hydrogen) atoms. The zero-order chi connectivity index (χ0) is 13.5. The molecule has 3 atom stereocenters. The average Bonchev–Trinajstić information content (AvgIpc) is 2.81. The van der Waals surface area contributed by atoms with Crippen LogP contribution in [0.2, 0.25) is 0 Å². The third-order valence-electron chi connectivity index (χ3n) is 5.01. The maximum atomic E-state index is 5.51. The first kappa shape index (κ1) is 12.9. The predicted molar refractivity (Wildman–Crippen MR) is 78.7 cm³/mol. The van der Waals surface area contributed by atoms with Gasteiger partial charge in [0.1, 0.15) is 0 Å². The van der Waals surface area contributed by atoms with E-state index in [0.29, 0.717) is 18.1 Å². The summed E-state index contributed by atoms with van der Waals surface area (Å²) in [5, 5.41) is 7.22. The molecule has 3 heteroatoms. The number of nitrogens with one attached hydrogen (secondary N) is 2. The molecule has 3 rings (SSSR count). The van der Waals surface area contributed by atoms with Crippen LogP contribution < -0.4 is 10.6 Å². The molecule has 0 saturated heterocycles. The molecule has 3 nitrogen and oxygen atoms in total. The zero-order valence-electron chi connectivity index (χ0n) is 12.1. The molecule has 1 saturated carbocycles. The number of anilines is 1. The molecule has 1 aromatic rings. The average molecular weight is 260 g/mol. The maximum absolute atomic E-state index is 5.51. The summed E-state index contributed by atoms with van der Waals surface area (Å²) in [7, 11) is 1.82. The van der Waals surface area contributed by atoms with Crippen LogP contribution in [0.4, 0.5) is 5.69 Å². The van der Waals surface area contributed by atoms with E-state index in [-0.39, 0.29) is 5.41 Å². The molecule has 0 aromatic heterocycles. The quantitative estimate of drug-likeness (QED) is 0.873. The first-order valence-corrected chi connectivity index (χ1v) is 7.22. The number of hydrogen-bond acceptors (Lipinski definition) is 3. The summed E-state index contributed by atoms with van der Waals surface area (Å²) in [5.74, 6) is 0.591. The highest BCUT2D eigenvalue weighted by molar-refractivity contribution is 5.57. The van der Waals surface area contributed by atoms with Gasteiger partial charge in [0.05, 0.1) is 6.10 Å². The van der Waals surface area contributed by atoms with E-state index in [4.69, 9.17) is 4.74 Å². The molecule has 3 unspecified atom stereocenters. The Balaban J connectivity index is 1.58. The topological polar surface area (TPSA) is 33.3 Å². The van der Waals surface area contributed by atoms with E-state index in [2.05, 4.69) is 48.7 Å². The minimum atomic E-state index is 0.250. The number of methoxy groups -OCH3 is 1. The summed E-state index contributed by atoms with van der Waals surface area (Å²) in [6.45, 7) is 6.69. The van der Waals surface area contributed by atoms with Crippen LogP contribution in [-0.4, -0.2) is 32.3 Å². The second-order valence-electron chi connectivity index (χ2n) is 6.41. The van der Waals surface area contributed by atoms with E-state index >= 15 is 0 Å². The van der Waals surface area contributed by atoms with Crippen molar-refractivity contribution in [2.45, 2.75) is 38.3 Å². The first-order valence-electron chi connectivity index (χ1n) is 7.22. The fourth-order valence-electron chi connectivity index (χ4n) is 3.46. The smallest absolute Gasteiger partial charge is 0.0652 e.